The van der Waals surface area contributed by atoms with Gasteiger partial charge in [0.15, 0.2) is 0 Å². The number of anilines is 1. The van der Waals surface area contributed by atoms with Crippen LogP contribution in [-0.2, 0) is 0 Å². The molecule has 0 bridgehead atoms. The van der Waals surface area contributed by atoms with E-state index < -0.39 is 4.92 Å². The lowest BCUT2D eigenvalue weighted by atomic mass is 10.2. The lowest BCUT2D eigenvalue weighted by Crippen LogP contribution is -2.26. The fraction of sp³-hybridized carbons (Fsp3) is 0.333. The Balaban J connectivity index is 2.12. The number of nitrogens with two attached hydrogens (primary N) is 1. The second-order valence-corrected chi connectivity index (χ2v) is 4.52. The van der Waals surface area contributed by atoms with Gasteiger partial charge in [0.1, 0.15) is 0 Å². The van der Waals surface area contributed by atoms with E-state index in [0.29, 0.717) is 5.58 Å². The van der Waals surface area contributed by atoms with Crippen molar-refractivity contribution in [2.75, 3.05) is 18.0 Å². The third-order valence-electron chi connectivity index (χ3n) is 3.33. The summed E-state index contributed by atoms with van der Waals surface area (Å²) in [6, 6.07) is 5.20. The Bertz CT molecular complexity index is 608. The molecule has 94 valence electrons. The summed E-state index contributed by atoms with van der Waals surface area (Å²) in [6.07, 6.45) is 2.42. The average Bonchev–Trinajstić information content (AvgIpc) is 2.95. The Morgan fingerprint density at radius 3 is 2.94 bits per heavy atom. The molecule has 1 atom stereocenters. The highest BCUT2D eigenvalue weighted by atomic mass is 16.6. The largest absolute Gasteiger partial charge is 0.457 e. The molecule has 1 fully saturated rings. The minimum Gasteiger partial charge on any atom is -0.457 e. The van der Waals surface area contributed by atoms with Crippen LogP contribution in [0.5, 0.6) is 0 Å². The number of benzene rings is 1. The number of nitro groups is 1. The Morgan fingerprint density at radius 1 is 1.44 bits per heavy atom. The maximum absolute atomic E-state index is 10.9. The lowest BCUT2D eigenvalue weighted by molar-refractivity contribution is -0.383. The molecular formula is C12H13N3O3. The van der Waals surface area contributed by atoms with E-state index in [1.165, 1.54) is 12.3 Å². The summed E-state index contributed by atoms with van der Waals surface area (Å²) >= 11 is 0. The van der Waals surface area contributed by atoms with Crippen LogP contribution in [0.3, 0.4) is 0 Å². The van der Waals surface area contributed by atoms with E-state index in [2.05, 4.69) is 4.90 Å². The van der Waals surface area contributed by atoms with Gasteiger partial charge in [-0.2, -0.15) is 0 Å². The molecule has 0 unspecified atom stereocenters. The van der Waals surface area contributed by atoms with Crippen molar-refractivity contribution in [3.63, 3.8) is 0 Å². The molecule has 2 heterocycles. The number of furan rings is 1. The Morgan fingerprint density at radius 2 is 2.28 bits per heavy atom. The van der Waals surface area contributed by atoms with Crippen molar-refractivity contribution in [3.8, 4) is 0 Å². The fourth-order valence-electron chi connectivity index (χ4n) is 2.46. The molecule has 0 saturated carbocycles. The third kappa shape index (κ3) is 1.62. The summed E-state index contributed by atoms with van der Waals surface area (Å²) in [7, 11) is 0. The number of non-ortho nitro benzene ring substituents is 1. The third-order valence-corrected chi connectivity index (χ3v) is 3.33. The van der Waals surface area contributed by atoms with Crippen molar-refractivity contribution < 1.29 is 9.34 Å². The van der Waals surface area contributed by atoms with E-state index in [-0.39, 0.29) is 11.7 Å². The molecule has 6 nitrogen and oxygen atoms in total. The SMILES string of the molecule is N[C@@H]1CCN(c2ccc([N+](=O)[O-])c3occc23)C1. The van der Waals surface area contributed by atoms with Crippen LogP contribution in [0.1, 0.15) is 6.42 Å². The Hall–Kier alpha value is -2.08. The van der Waals surface area contributed by atoms with Crippen molar-refractivity contribution in [1.29, 1.82) is 0 Å². The second kappa shape index (κ2) is 3.99. The number of hydrogen-bond donors (Lipinski definition) is 1. The van der Waals surface area contributed by atoms with Crippen LogP contribution >= 0.6 is 0 Å². The number of fused-ring (bicyclic) bond motifs is 1. The summed E-state index contributed by atoms with van der Waals surface area (Å²) in [5, 5.41) is 11.7. The van der Waals surface area contributed by atoms with E-state index in [4.69, 9.17) is 10.2 Å². The average molecular weight is 247 g/mol. The molecule has 3 rings (SSSR count). The van der Waals surface area contributed by atoms with Crippen LogP contribution in [0.4, 0.5) is 11.4 Å². The van der Waals surface area contributed by atoms with Gasteiger partial charge in [0, 0.05) is 30.9 Å². The van der Waals surface area contributed by atoms with Gasteiger partial charge < -0.3 is 15.1 Å². The zero-order valence-corrected chi connectivity index (χ0v) is 9.70. The van der Waals surface area contributed by atoms with Crippen molar-refractivity contribution in [1.82, 2.24) is 0 Å². The molecule has 1 saturated heterocycles. The molecule has 2 aromatic rings. The van der Waals surface area contributed by atoms with Crippen LogP contribution in [-0.4, -0.2) is 24.1 Å². The normalized spacial score (nSPS) is 19.6. The van der Waals surface area contributed by atoms with Gasteiger partial charge in [0.2, 0.25) is 5.58 Å². The molecular weight excluding hydrogens is 234 g/mol. The van der Waals surface area contributed by atoms with Gasteiger partial charge in [-0.3, -0.25) is 10.1 Å². The first-order chi connectivity index (χ1) is 8.66. The van der Waals surface area contributed by atoms with Crippen LogP contribution < -0.4 is 10.6 Å². The number of hydrogen-bond acceptors (Lipinski definition) is 5. The fourth-order valence-corrected chi connectivity index (χ4v) is 2.46. The molecule has 1 aliphatic heterocycles. The van der Waals surface area contributed by atoms with Crippen molar-refractivity contribution in [3.05, 3.63) is 34.6 Å². The highest BCUT2D eigenvalue weighted by Crippen LogP contribution is 2.35. The molecule has 1 aromatic heterocycles. The molecule has 0 spiro atoms. The van der Waals surface area contributed by atoms with Crippen molar-refractivity contribution >= 4 is 22.3 Å². The highest BCUT2D eigenvalue weighted by Gasteiger charge is 2.24. The van der Waals surface area contributed by atoms with Gasteiger partial charge in [-0.1, -0.05) is 0 Å². The zero-order chi connectivity index (χ0) is 12.7. The maximum atomic E-state index is 10.9. The van der Waals surface area contributed by atoms with Crippen LogP contribution in [0.2, 0.25) is 0 Å². The summed E-state index contributed by atoms with van der Waals surface area (Å²) in [4.78, 5) is 12.6. The standard InChI is InChI=1S/C12H13N3O3/c13-8-3-5-14(7-8)10-1-2-11(15(16)17)12-9(10)4-6-18-12/h1-2,4,6,8H,3,5,7,13H2/t8-/m1/s1. The van der Waals surface area contributed by atoms with E-state index in [1.54, 1.807) is 12.1 Å². The van der Waals surface area contributed by atoms with Crippen molar-refractivity contribution in [2.45, 2.75) is 12.5 Å². The maximum Gasteiger partial charge on any atom is 0.312 e. The number of rotatable bonds is 2. The van der Waals surface area contributed by atoms with E-state index in [1.807, 2.05) is 0 Å². The van der Waals surface area contributed by atoms with E-state index >= 15 is 0 Å². The molecule has 0 radical (unpaired) electrons. The Kier molecular flexibility index (Phi) is 2.45. The smallest absolute Gasteiger partial charge is 0.312 e. The predicted octanol–water partition coefficient (Wildman–Crippen LogP) is 1.88. The first-order valence-corrected chi connectivity index (χ1v) is 5.82. The first kappa shape index (κ1) is 11.0. The molecule has 2 N–H and O–H groups in total. The molecule has 1 aliphatic rings. The van der Waals surface area contributed by atoms with Crippen molar-refractivity contribution in [2.24, 2.45) is 5.73 Å². The lowest BCUT2D eigenvalue weighted by Gasteiger charge is -2.18. The monoisotopic (exact) mass is 247 g/mol. The number of nitrogens with zero attached hydrogens (tertiary/aromatic N) is 2. The van der Waals surface area contributed by atoms with E-state index in [0.717, 1.165) is 30.6 Å². The van der Waals surface area contributed by atoms with Gasteiger partial charge in [0.05, 0.1) is 16.6 Å². The van der Waals surface area contributed by atoms with Crippen LogP contribution in [0.15, 0.2) is 28.9 Å². The molecule has 18 heavy (non-hydrogen) atoms. The van der Waals surface area contributed by atoms with Gasteiger partial charge in [-0.05, 0) is 18.6 Å². The molecule has 0 aliphatic carbocycles. The van der Waals surface area contributed by atoms with E-state index in [9.17, 15) is 10.1 Å². The molecule has 0 amide bonds. The van der Waals surface area contributed by atoms with Crippen LogP contribution in [0, 0.1) is 10.1 Å². The summed E-state index contributed by atoms with van der Waals surface area (Å²) in [6.45, 7) is 1.65. The second-order valence-electron chi connectivity index (χ2n) is 4.52. The first-order valence-electron chi connectivity index (χ1n) is 5.82. The summed E-state index contributed by atoms with van der Waals surface area (Å²) < 4.78 is 5.24. The molecule has 6 heteroatoms. The number of nitro benzene ring substituents is 1. The minimum atomic E-state index is -0.425. The highest BCUT2D eigenvalue weighted by molar-refractivity contribution is 5.96. The van der Waals surface area contributed by atoms with Gasteiger partial charge in [-0.25, -0.2) is 0 Å². The zero-order valence-electron chi connectivity index (χ0n) is 9.70. The Labute approximate surface area is 103 Å². The summed E-state index contributed by atoms with van der Waals surface area (Å²) in [5.41, 5.74) is 7.18. The molecule has 1 aromatic carbocycles. The predicted molar refractivity (Wildman–Crippen MR) is 67.7 cm³/mol. The minimum absolute atomic E-state index is 0.00208. The summed E-state index contributed by atoms with van der Waals surface area (Å²) in [5.74, 6) is 0. The topological polar surface area (TPSA) is 85.5 Å². The van der Waals surface area contributed by atoms with Crippen LogP contribution in [0.25, 0.3) is 11.0 Å². The van der Waals surface area contributed by atoms with Gasteiger partial charge in [0.25, 0.3) is 0 Å². The van der Waals surface area contributed by atoms with Gasteiger partial charge in [-0.15, -0.1) is 0 Å². The van der Waals surface area contributed by atoms with Gasteiger partial charge >= 0.3 is 5.69 Å². The quantitative estimate of drug-likeness (QED) is 0.646.